The number of aromatic nitrogens is 1. The predicted molar refractivity (Wildman–Crippen MR) is 64.7 cm³/mol. The second-order valence-corrected chi connectivity index (χ2v) is 3.89. The molecule has 1 aromatic rings. The van der Waals surface area contributed by atoms with Crippen LogP contribution in [0.25, 0.3) is 0 Å². The Morgan fingerprint density at radius 1 is 1.25 bits per heavy atom. The second-order valence-electron chi connectivity index (χ2n) is 3.50. The number of alkyl halides is 1. The largest absolute Gasteiger partial charge is 0.349 e. The zero-order valence-corrected chi connectivity index (χ0v) is 9.81. The first-order valence-corrected chi connectivity index (χ1v) is 5.25. The van der Waals surface area contributed by atoms with Crippen molar-refractivity contribution in [3.05, 3.63) is 30.1 Å². The number of nitrogens with one attached hydrogen (secondary N) is 1. The fourth-order valence-corrected chi connectivity index (χ4v) is 1.48. The summed E-state index contributed by atoms with van der Waals surface area (Å²) in [6.07, 6.45) is 3.42. The Morgan fingerprint density at radius 2 is 1.94 bits per heavy atom. The normalized spacial score (nSPS) is 19.6. The van der Waals surface area contributed by atoms with E-state index in [1.54, 1.807) is 12.4 Å². The average molecular weight is 238 g/mol. The highest BCUT2D eigenvalue weighted by atomic mass is 35.5. The van der Waals surface area contributed by atoms with Crippen molar-refractivity contribution >= 4 is 23.4 Å². The molecule has 0 saturated carbocycles. The van der Waals surface area contributed by atoms with E-state index in [0.29, 0.717) is 11.8 Å². The van der Waals surface area contributed by atoms with Crippen LogP contribution in [0.5, 0.6) is 0 Å². The Morgan fingerprint density at radius 3 is 2.56 bits per heavy atom. The molecule has 1 aromatic heterocycles. The van der Waals surface area contributed by atoms with E-state index in [-0.39, 0.29) is 0 Å². The van der Waals surface area contributed by atoms with Crippen molar-refractivity contribution in [2.75, 3.05) is 14.1 Å². The number of hydrogen-bond donors (Lipinski definition) is 1. The lowest BCUT2D eigenvalue weighted by molar-refractivity contribution is 0.593. The molecule has 0 amide bonds. The fourth-order valence-electron chi connectivity index (χ4n) is 1.29. The third-order valence-corrected chi connectivity index (χ3v) is 2.27. The molecule has 84 valence electrons. The maximum absolute atomic E-state index is 5.94. The number of rotatable bonds is 1. The zero-order valence-electron chi connectivity index (χ0n) is 9.05. The van der Waals surface area contributed by atoms with Gasteiger partial charge in [-0.05, 0) is 12.1 Å². The molecule has 0 saturated heterocycles. The molecule has 1 unspecified atom stereocenters. The van der Waals surface area contributed by atoms with Gasteiger partial charge in [-0.3, -0.25) is 4.98 Å². The van der Waals surface area contributed by atoms with E-state index in [1.807, 2.05) is 31.1 Å². The quantitative estimate of drug-likeness (QED) is 0.583. The van der Waals surface area contributed by atoms with Crippen LogP contribution in [0.15, 0.2) is 34.5 Å². The van der Waals surface area contributed by atoms with Gasteiger partial charge in [-0.1, -0.05) is 11.6 Å². The van der Waals surface area contributed by atoms with Gasteiger partial charge in [0.15, 0.2) is 0 Å². The van der Waals surface area contributed by atoms with Crippen molar-refractivity contribution in [1.29, 1.82) is 0 Å². The van der Waals surface area contributed by atoms with E-state index >= 15 is 0 Å². The van der Waals surface area contributed by atoms with Gasteiger partial charge in [-0.2, -0.15) is 0 Å². The molecule has 0 aromatic carbocycles. The predicted octanol–water partition coefficient (Wildman–Crippen LogP) is 0.871. The molecule has 2 heterocycles. The first-order chi connectivity index (χ1) is 7.66. The average Bonchev–Trinajstić information content (AvgIpc) is 2.29. The summed E-state index contributed by atoms with van der Waals surface area (Å²) in [5.41, 5.74) is 0.358. The van der Waals surface area contributed by atoms with Crippen LogP contribution < -0.4 is 5.32 Å². The van der Waals surface area contributed by atoms with Crippen molar-refractivity contribution in [2.45, 2.75) is 5.62 Å². The van der Waals surface area contributed by atoms with Crippen LogP contribution in [0.4, 0.5) is 0 Å². The molecule has 0 fully saturated rings. The Bertz CT molecular complexity index is 426. The number of halogens is 1. The summed E-state index contributed by atoms with van der Waals surface area (Å²) in [6.45, 7) is 0. The molecule has 0 bridgehead atoms. The molecule has 16 heavy (non-hydrogen) atoms. The third-order valence-electron chi connectivity index (χ3n) is 2.07. The van der Waals surface area contributed by atoms with Crippen LogP contribution in [0.1, 0.15) is 5.56 Å². The number of amidine groups is 1. The Hall–Kier alpha value is -1.62. The van der Waals surface area contributed by atoms with E-state index in [1.165, 1.54) is 0 Å². The molecular weight excluding hydrogens is 226 g/mol. The van der Waals surface area contributed by atoms with Crippen LogP contribution in [0.3, 0.4) is 0 Å². The highest BCUT2D eigenvalue weighted by molar-refractivity contribution is 6.23. The monoisotopic (exact) mass is 237 g/mol. The highest BCUT2D eigenvalue weighted by Gasteiger charge is 2.16. The molecular formula is C10H12ClN5. The minimum absolute atomic E-state index is 0.582. The summed E-state index contributed by atoms with van der Waals surface area (Å²) < 4.78 is 0. The van der Waals surface area contributed by atoms with E-state index in [9.17, 15) is 0 Å². The molecule has 2 rings (SSSR count). The molecule has 5 nitrogen and oxygen atoms in total. The molecule has 0 aliphatic carbocycles. The van der Waals surface area contributed by atoms with Crippen molar-refractivity contribution in [1.82, 2.24) is 15.2 Å². The summed E-state index contributed by atoms with van der Waals surface area (Å²) in [6, 6.07) is 3.74. The second kappa shape index (κ2) is 4.49. The maximum Gasteiger partial charge on any atom is 0.220 e. The standard InChI is InChI=1S/C10H12ClN5/c1-16(2)10-14-8(13-9(11)15-10)7-3-5-12-6-4-7/h3-6,9H,1-2H3,(H,13,14,15). The van der Waals surface area contributed by atoms with Crippen molar-refractivity contribution in [2.24, 2.45) is 9.98 Å². The van der Waals surface area contributed by atoms with Gasteiger partial charge in [-0.25, -0.2) is 9.98 Å². The maximum atomic E-state index is 5.94. The molecule has 0 radical (unpaired) electrons. The fraction of sp³-hybridized carbons (Fsp3) is 0.300. The highest BCUT2D eigenvalue weighted by Crippen LogP contribution is 2.09. The first-order valence-electron chi connectivity index (χ1n) is 4.81. The van der Waals surface area contributed by atoms with E-state index in [0.717, 1.165) is 5.56 Å². The van der Waals surface area contributed by atoms with Gasteiger partial charge in [0.1, 0.15) is 5.84 Å². The SMILES string of the molecule is CN(C)C1=NC(Cl)N=C(c2ccncc2)N1. The summed E-state index contributed by atoms with van der Waals surface area (Å²) in [5, 5.41) is 3.11. The van der Waals surface area contributed by atoms with Crippen LogP contribution in [-0.4, -0.2) is 41.4 Å². The third kappa shape index (κ3) is 2.30. The lowest BCUT2D eigenvalue weighted by Gasteiger charge is -2.23. The Labute approximate surface area is 98.9 Å². The van der Waals surface area contributed by atoms with E-state index in [2.05, 4.69) is 20.3 Å². The minimum atomic E-state index is -0.582. The topological polar surface area (TPSA) is 52.9 Å². The van der Waals surface area contributed by atoms with E-state index < -0.39 is 5.62 Å². The van der Waals surface area contributed by atoms with Crippen LogP contribution in [0.2, 0.25) is 0 Å². The lowest BCUT2D eigenvalue weighted by Crippen LogP contribution is -2.43. The van der Waals surface area contributed by atoms with Crippen molar-refractivity contribution < 1.29 is 0 Å². The number of guanidine groups is 1. The van der Waals surface area contributed by atoms with Gasteiger partial charge in [-0.15, -0.1) is 0 Å². The van der Waals surface area contributed by atoms with Crippen LogP contribution in [-0.2, 0) is 0 Å². The van der Waals surface area contributed by atoms with Gasteiger partial charge < -0.3 is 10.2 Å². The summed E-state index contributed by atoms with van der Waals surface area (Å²) in [5.74, 6) is 1.41. The Balaban J connectivity index is 2.26. The van der Waals surface area contributed by atoms with E-state index in [4.69, 9.17) is 11.6 Å². The molecule has 6 heteroatoms. The number of nitrogens with zero attached hydrogens (tertiary/aromatic N) is 4. The van der Waals surface area contributed by atoms with Crippen LogP contribution >= 0.6 is 11.6 Å². The van der Waals surface area contributed by atoms with Gasteiger partial charge in [0.05, 0.1) is 0 Å². The van der Waals surface area contributed by atoms with Gasteiger partial charge >= 0.3 is 0 Å². The molecule has 0 spiro atoms. The molecule has 1 atom stereocenters. The minimum Gasteiger partial charge on any atom is -0.349 e. The van der Waals surface area contributed by atoms with Gasteiger partial charge in [0.25, 0.3) is 0 Å². The van der Waals surface area contributed by atoms with Crippen molar-refractivity contribution in [3.63, 3.8) is 0 Å². The smallest absolute Gasteiger partial charge is 0.220 e. The van der Waals surface area contributed by atoms with Crippen molar-refractivity contribution in [3.8, 4) is 0 Å². The molecule has 1 aliphatic heterocycles. The number of hydrogen-bond acceptors (Lipinski definition) is 5. The summed E-state index contributed by atoms with van der Waals surface area (Å²) in [7, 11) is 3.79. The lowest BCUT2D eigenvalue weighted by atomic mass is 10.2. The molecule has 1 N–H and O–H groups in total. The first kappa shape index (κ1) is 10.9. The Kier molecular flexibility index (Phi) is 3.05. The summed E-state index contributed by atoms with van der Waals surface area (Å²) in [4.78, 5) is 14.2. The summed E-state index contributed by atoms with van der Waals surface area (Å²) >= 11 is 5.94. The van der Waals surface area contributed by atoms with Gasteiger partial charge in [0, 0.05) is 32.1 Å². The van der Waals surface area contributed by atoms with Crippen LogP contribution in [0, 0.1) is 0 Å². The number of aliphatic imine (C=N–C) groups is 2. The zero-order chi connectivity index (χ0) is 11.5. The molecule has 1 aliphatic rings. The van der Waals surface area contributed by atoms with Gasteiger partial charge in [0.2, 0.25) is 11.6 Å². The number of pyridine rings is 1.